The molecule has 0 amide bonds. The van der Waals surface area contributed by atoms with Gasteiger partial charge in [0.2, 0.25) is 0 Å². The first-order valence-corrected chi connectivity index (χ1v) is 3.88. The van der Waals surface area contributed by atoms with Crippen LogP contribution in [0.4, 0.5) is 0 Å². The fraction of sp³-hybridized carbons (Fsp3) is 0.125. The van der Waals surface area contributed by atoms with Crippen LogP contribution in [0.3, 0.4) is 0 Å². The van der Waals surface area contributed by atoms with E-state index < -0.39 is 0 Å². The number of carbonyl (C=O) groups is 1. The molecule has 3 heteroatoms. The van der Waals surface area contributed by atoms with Crippen LogP contribution in [0, 0.1) is 6.92 Å². The Morgan fingerprint density at radius 3 is 2.73 bits per heavy atom. The summed E-state index contributed by atoms with van der Waals surface area (Å²) in [4.78, 5) is 10.3. The number of halogens is 1. The average molecular weight is 215 g/mol. The summed E-state index contributed by atoms with van der Waals surface area (Å²) in [6.07, 6.45) is 0.698. The molecule has 1 aromatic rings. The fourth-order valence-corrected chi connectivity index (χ4v) is 1.32. The van der Waals surface area contributed by atoms with E-state index in [9.17, 15) is 9.90 Å². The van der Waals surface area contributed by atoms with Gasteiger partial charge in [0.05, 0.1) is 0 Å². The molecule has 0 atom stereocenters. The number of aryl methyl sites for hydroxylation is 1. The number of carbonyl (C=O) groups excluding carboxylic acids is 1. The Hall–Kier alpha value is -0.830. The van der Waals surface area contributed by atoms with Crippen molar-refractivity contribution < 1.29 is 9.90 Å². The van der Waals surface area contributed by atoms with Crippen molar-refractivity contribution in [3.8, 4) is 5.75 Å². The van der Waals surface area contributed by atoms with E-state index >= 15 is 0 Å². The second-order valence-electron chi connectivity index (χ2n) is 2.28. The summed E-state index contributed by atoms with van der Waals surface area (Å²) in [5.74, 6) is 0.148. The lowest BCUT2D eigenvalue weighted by molar-refractivity contribution is 0.112. The van der Waals surface area contributed by atoms with Gasteiger partial charge in [0.15, 0.2) is 6.29 Å². The van der Waals surface area contributed by atoms with Gasteiger partial charge in [-0.1, -0.05) is 15.9 Å². The number of rotatable bonds is 1. The molecule has 0 aromatic heterocycles. The van der Waals surface area contributed by atoms with Crippen molar-refractivity contribution in [3.63, 3.8) is 0 Å². The molecule has 11 heavy (non-hydrogen) atoms. The van der Waals surface area contributed by atoms with E-state index in [1.165, 1.54) is 6.07 Å². The Kier molecular flexibility index (Phi) is 2.29. The first kappa shape index (κ1) is 8.27. The molecule has 58 valence electrons. The largest absolute Gasteiger partial charge is 0.508 e. The van der Waals surface area contributed by atoms with Crippen LogP contribution in [0.25, 0.3) is 0 Å². The maximum Gasteiger partial charge on any atom is 0.151 e. The molecule has 0 bridgehead atoms. The summed E-state index contributed by atoms with van der Waals surface area (Å²) in [6.45, 7) is 1.77. The highest BCUT2D eigenvalue weighted by Crippen LogP contribution is 2.24. The number of hydrogen-bond acceptors (Lipinski definition) is 2. The highest BCUT2D eigenvalue weighted by atomic mass is 79.9. The molecular weight excluding hydrogens is 208 g/mol. The van der Waals surface area contributed by atoms with Gasteiger partial charge in [0, 0.05) is 10.0 Å². The molecule has 2 nitrogen and oxygen atoms in total. The second kappa shape index (κ2) is 3.05. The van der Waals surface area contributed by atoms with Gasteiger partial charge in [0.25, 0.3) is 0 Å². The molecule has 0 radical (unpaired) electrons. The van der Waals surface area contributed by atoms with E-state index in [4.69, 9.17) is 0 Å². The fourth-order valence-electron chi connectivity index (χ4n) is 0.768. The smallest absolute Gasteiger partial charge is 0.151 e. The molecular formula is C8H7BrO2. The minimum atomic E-state index is 0.148. The van der Waals surface area contributed by atoms with Gasteiger partial charge in [-0.15, -0.1) is 0 Å². The van der Waals surface area contributed by atoms with Crippen molar-refractivity contribution in [1.82, 2.24) is 0 Å². The molecule has 0 spiro atoms. The van der Waals surface area contributed by atoms with E-state index in [0.717, 1.165) is 5.56 Å². The zero-order valence-electron chi connectivity index (χ0n) is 5.97. The molecule has 1 rings (SSSR count). The van der Waals surface area contributed by atoms with Crippen LogP contribution in [0.2, 0.25) is 0 Å². The summed E-state index contributed by atoms with van der Waals surface area (Å²) in [5.41, 5.74) is 1.22. The van der Waals surface area contributed by atoms with Crippen LogP contribution in [0.15, 0.2) is 16.6 Å². The van der Waals surface area contributed by atoms with E-state index in [2.05, 4.69) is 15.9 Å². The van der Waals surface area contributed by atoms with Gasteiger partial charge in [-0.05, 0) is 24.6 Å². The first-order chi connectivity index (χ1) is 5.15. The molecule has 0 saturated heterocycles. The van der Waals surface area contributed by atoms with Crippen LogP contribution in [0.1, 0.15) is 15.9 Å². The lowest BCUT2D eigenvalue weighted by Gasteiger charge is -2.00. The molecule has 0 heterocycles. The third-order valence-corrected chi connectivity index (χ3v) is 2.13. The molecule has 0 aliphatic rings. The predicted molar refractivity (Wildman–Crippen MR) is 45.9 cm³/mol. The van der Waals surface area contributed by atoms with Crippen molar-refractivity contribution in [2.24, 2.45) is 0 Å². The number of phenols is 1. The van der Waals surface area contributed by atoms with Gasteiger partial charge in [0.1, 0.15) is 5.75 Å². The zero-order chi connectivity index (χ0) is 8.43. The van der Waals surface area contributed by atoms with Gasteiger partial charge in [-0.25, -0.2) is 0 Å². The topological polar surface area (TPSA) is 37.3 Å². The van der Waals surface area contributed by atoms with Crippen LogP contribution in [-0.4, -0.2) is 11.4 Å². The van der Waals surface area contributed by atoms with Crippen molar-refractivity contribution in [1.29, 1.82) is 0 Å². The Balaban J connectivity index is 3.31. The number of aromatic hydroxyl groups is 1. The van der Waals surface area contributed by atoms with Crippen molar-refractivity contribution in [2.45, 2.75) is 6.92 Å². The highest BCUT2D eigenvalue weighted by molar-refractivity contribution is 9.10. The van der Waals surface area contributed by atoms with E-state index in [-0.39, 0.29) is 5.75 Å². The number of hydrogen-bond donors (Lipinski definition) is 1. The van der Waals surface area contributed by atoms with Crippen molar-refractivity contribution in [2.75, 3.05) is 0 Å². The van der Waals surface area contributed by atoms with Gasteiger partial charge < -0.3 is 5.11 Å². The summed E-state index contributed by atoms with van der Waals surface area (Å²) >= 11 is 3.20. The van der Waals surface area contributed by atoms with Crippen LogP contribution < -0.4 is 0 Å². The summed E-state index contributed by atoms with van der Waals surface area (Å²) < 4.78 is 0.711. The maximum atomic E-state index is 10.3. The second-order valence-corrected chi connectivity index (χ2v) is 3.13. The SMILES string of the molecule is Cc1cc(Br)c(C=O)cc1O. The molecule has 0 aliphatic heterocycles. The Labute approximate surface area is 73.0 Å². The predicted octanol–water partition coefficient (Wildman–Crippen LogP) is 2.28. The lowest BCUT2D eigenvalue weighted by atomic mass is 10.1. The molecule has 1 aromatic carbocycles. The summed E-state index contributed by atoms with van der Waals surface area (Å²) in [6, 6.07) is 3.14. The molecule has 0 saturated carbocycles. The van der Waals surface area contributed by atoms with Crippen LogP contribution >= 0.6 is 15.9 Å². The van der Waals surface area contributed by atoms with Gasteiger partial charge in [-0.2, -0.15) is 0 Å². The lowest BCUT2D eigenvalue weighted by Crippen LogP contribution is -1.84. The van der Waals surface area contributed by atoms with Gasteiger partial charge in [-0.3, -0.25) is 4.79 Å². The van der Waals surface area contributed by atoms with E-state index in [0.29, 0.717) is 16.3 Å². The Morgan fingerprint density at radius 2 is 2.18 bits per heavy atom. The Morgan fingerprint density at radius 1 is 1.55 bits per heavy atom. The van der Waals surface area contributed by atoms with E-state index in [1.54, 1.807) is 13.0 Å². The number of phenolic OH excluding ortho intramolecular Hbond substituents is 1. The molecule has 0 aliphatic carbocycles. The highest BCUT2D eigenvalue weighted by Gasteiger charge is 2.02. The van der Waals surface area contributed by atoms with Gasteiger partial charge >= 0.3 is 0 Å². The number of aldehydes is 1. The first-order valence-electron chi connectivity index (χ1n) is 3.09. The monoisotopic (exact) mass is 214 g/mol. The standard InChI is InChI=1S/C8H7BrO2/c1-5-2-7(9)6(4-10)3-8(5)11/h2-4,11H,1H3. The normalized spacial score (nSPS) is 9.64. The quantitative estimate of drug-likeness (QED) is 0.729. The average Bonchev–Trinajstić information content (AvgIpc) is 1.97. The van der Waals surface area contributed by atoms with Crippen molar-refractivity contribution in [3.05, 3.63) is 27.7 Å². The van der Waals surface area contributed by atoms with Crippen LogP contribution in [0.5, 0.6) is 5.75 Å². The maximum absolute atomic E-state index is 10.3. The summed E-state index contributed by atoms with van der Waals surface area (Å²) in [5, 5.41) is 9.18. The zero-order valence-corrected chi connectivity index (χ0v) is 7.55. The third-order valence-electron chi connectivity index (χ3n) is 1.44. The summed E-state index contributed by atoms with van der Waals surface area (Å²) in [7, 11) is 0. The third kappa shape index (κ3) is 1.60. The molecule has 0 fully saturated rings. The minimum Gasteiger partial charge on any atom is -0.508 e. The van der Waals surface area contributed by atoms with Crippen LogP contribution in [-0.2, 0) is 0 Å². The number of benzene rings is 1. The minimum absolute atomic E-state index is 0.148. The molecule has 1 N–H and O–H groups in total. The molecule has 0 unspecified atom stereocenters. The van der Waals surface area contributed by atoms with E-state index in [1.807, 2.05) is 0 Å². The van der Waals surface area contributed by atoms with Crippen molar-refractivity contribution >= 4 is 22.2 Å². The Bertz CT molecular complexity index is 294.